The fourth-order valence-corrected chi connectivity index (χ4v) is 5.24. The van der Waals surface area contributed by atoms with Crippen molar-refractivity contribution in [2.75, 3.05) is 31.7 Å². The number of aryl methyl sites for hydroxylation is 1. The minimum Gasteiger partial charge on any atom is -0.383 e. The molecule has 2 heterocycles. The summed E-state index contributed by atoms with van der Waals surface area (Å²) in [5, 5.41) is 4.12. The standard InChI is InChI=1S/C27H31N3O2S/c1-29-24-12-7-8-13-25(24)33-27(29)20-21-15-18-30(23-11-6-5-10-22(21)23)17-9-3-4-14-26(31)28-16-19-32-2/h5-8,10-13,15,18,20H,3-4,9,14,16-17,19H2,1-2H3/p+1. The van der Waals surface area contributed by atoms with Crippen LogP contribution >= 0.6 is 11.3 Å². The lowest BCUT2D eigenvalue weighted by Gasteiger charge is -2.27. The number of rotatable bonds is 10. The van der Waals surface area contributed by atoms with E-state index in [4.69, 9.17) is 4.74 Å². The van der Waals surface area contributed by atoms with Gasteiger partial charge in [-0.2, -0.15) is 4.57 Å². The van der Waals surface area contributed by atoms with E-state index in [1.165, 1.54) is 32.0 Å². The Morgan fingerprint density at radius 1 is 1.12 bits per heavy atom. The van der Waals surface area contributed by atoms with Gasteiger partial charge in [-0.15, -0.1) is 0 Å². The second-order valence-corrected chi connectivity index (χ2v) is 9.31. The Morgan fingerprint density at radius 2 is 1.94 bits per heavy atom. The number of methoxy groups -OCH3 is 1. The van der Waals surface area contributed by atoms with Gasteiger partial charge in [-0.3, -0.25) is 4.79 Å². The SMILES string of the molecule is COCCNC(=O)CCCCCN1C=CC(=Cc2sc3ccccc3[n+]2C)c2ccccc21. The number of fused-ring (bicyclic) bond motifs is 2. The molecule has 1 aliphatic rings. The average molecular weight is 463 g/mol. The molecular formula is C27H32N3O2S+. The molecule has 0 saturated carbocycles. The lowest BCUT2D eigenvalue weighted by atomic mass is 9.99. The van der Waals surface area contributed by atoms with Gasteiger partial charge in [0.1, 0.15) is 11.7 Å². The van der Waals surface area contributed by atoms with Gasteiger partial charge in [-0.05, 0) is 36.6 Å². The van der Waals surface area contributed by atoms with Crippen LogP contribution in [0.2, 0.25) is 0 Å². The molecule has 2 aromatic carbocycles. The molecule has 0 unspecified atom stereocenters. The highest BCUT2D eigenvalue weighted by molar-refractivity contribution is 7.18. The number of unbranched alkanes of at least 4 members (excludes halogenated alkanes) is 2. The molecule has 1 aliphatic heterocycles. The number of ether oxygens (including phenoxy) is 1. The molecule has 4 rings (SSSR count). The molecule has 0 spiro atoms. The van der Waals surface area contributed by atoms with Crippen molar-refractivity contribution in [1.82, 2.24) is 5.32 Å². The Morgan fingerprint density at radius 3 is 2.79 bits per heavy atom. The summed E-state index contributed by atoms with van der Waals surface area (Å²) in [6.07, 6.45) is 10.3. The number of anilines is 1. The first-order valence-corrected chi connectivity index (χ1v) is 12.4. The van der Waals surface area contributed by atoms with Gasteiger partial charge in [-0.25, -0.2) is 0 Å². The van der Waals surface area contributed by atoms with Gasteiger partial charge in [0.15, 0.2) is 0 Å². The minimum absolute atomic E-state index is 0.111. The molecule has 3 aromatic rings. The summed E-state index contributed by atoms with van der Waals surface area (Å²) < 4.78 is 8.53. The van der Waals surface area contributed by atoms with Gasteiger partial charge in [0, 0.05) is 56.2 Å². The van der Waals surface area contributed by atoms with Gasteiger partial charge in [0.25, 0.3) is 5.01 Å². The minimum atomic E-state index is 0.111. The number of thiazole rings is 1. The first-order chi connectivity index (χ1) is 16.2. The third-order valence-corrected chi connectivity index (χ3v) is 7.11. The van der Waals surface area contributed by atoms with Gasteiger partial charge >= 0.3 is 0 Å². The average Bonchev–Trinajstić information content (AvgIpc) is 3.15. The Kier molecular flexibility index (Phi) is 7.92. The predicted octanol–water partition coefficient (Wildman–Crippen LogP) is 4.92. The third-order valence-electron chi connectivity index (χ3n) is 5.94. The van der Waals surface area contributed by atoms with Crippen molar-refractivity contribution >= 4 is 44.8 Å². The Balaban J connectivity index is 1.39. The highest BCUT2D eigenvalue weighted by atomic mass is 32.1. The van der Waals surface area contributed by atoms with Crippen molar-refractivity contribution in [2.45, 2.75) is 25.7 Å². The molecule has 6 heteroatoms. The highest BCUT2D eigenvalue weighted by Gasteiger charge is 2.19. The quantitative estimate of drug-likeness (QED) is 0.344. The maximum absolute atomic E-state index is 11.8. The number of nitrogens with zero attached hydrogens (tertiary/aromatic N) is 2. The van der Waals surface area contributed by atoms with Crippen LogP contribution in [0.1, 0.15) is 36.3 Å². The van der Waals surface area contributed by atoms with Crippen LogP contribution in [0.5, 0.6) is 0 Å². The van der Waals surface area contributed by atoms with E-state index < -0.39 is 0 Å². The van der Waals surface area contributed by atoms with Crippen LogP contribution in [0, 0.1) is 0 Å². The number of para-hydroxylation sites is 2. The third kappa shape index (κ3) is 5.70. The zero-order valence-electron chi connectivity index (χ0n) is 19.4. The van der Waals surface area contributed by atoms with Crippen LogP contribution in [0.25, 0.3) is 21.9 Å². The second kappa shape index (κ2) is 11.3. The molecular weight excluding hydrogens is 430 g/mol. The van der Waals surface area contributed by atoms with Crippen LogP contribution in [0.15, 0.2) is 60.8 Å². The number of hydrogen-bond donors (Lipinski definition) is 1. The zero-order chi connectivity index (χ0) is 23.0. The number of aromatic nitrogens is 1. The van der Waals surface area contributed by atoms with Crippen LogP contribution in [0.4, 0.5) is 5.69 Å². The second-order valence-electron chi connectivity index (χ2n) is 8.25. The largest absolute Gasteiger partial charge is 0.383 e. The molecule has 0 atom stereocenters. The van der Waals surface area contributed by atoms with Crippen LogP contribution < -0.4 is 14.8 Å². The molecule has 1 aromatic heterocycles. The fourth-order valence-electron chi connectivity index (χ4n) is 4.13. The van der Waals surface area contributed by atoms with Crippen molar-refractivity contribution in [3.8, 4) is 0 Å². The number of carbonyl (C=O) groups excluding carboxylic acids is 1. The molecule has 0 bridgehead atoms. The van der Waals surface area contributed by atoms with Crippen molar-refractivity contribution in [2.24, 2.45) is 7.05 Å². The van der Waals surface area contributed by atoms with Crippen LogP contribution in [0.3, 0.4) is 0 Å². The van der Waals surface area contributed by atoms with Crippen molar-refractivity contribution in [3.05, 3.63) is 71.4 Å². The number of amides is 1. The molecule has 0 fully saturated rings. The number of allylic oxidation sites excluding steroid dienone is 2. The van der Waals surface area contributed by atoms with E-state index in [2.05, 4.69) is 88.7 Å². The lowest BCUT2D eigenvalue weighted by molar-refractivity contribution is -0.642. The number of nitrogens with one attached hydrogen (secondary N) is 1. The van der Waals surface area contributed by atoms with E-state index in [0.29, 0.717) is 19.6 Å². The summed E-state index contributed by atoms with van der Waals surface area (Å²) >= 11 is 1.82. The van der Waals surface area contributed by atoms with Gasteiger partial charge < -0.3 is 15.0 Å². The summed E-state index contributed by atoms with van der Waals surface area (Å²) in [7, 11) is 3.77. The summed E-state index contributed by atoms with van der Waals surface area (Å²) in [4.78, 5) is 14.1. The molecule has 0 aliphatic carbocycles. The number of carbonyl (C=O) groups is 1. The first-order valence-electron chi connectivity index (χ1n) is 11.6. The van der Waals surface area contributed by atoms with Crippen molar-refractivity contribution in [1.29, 1.82) is 0 Å². The monoisotopic (exact) mass is 462 g/mol. The molecule has 5 nitrogen and oxygen atoms in total. The zero-order valence-corrected chi connectivity index (χ0v) is 20.2. The maximum atomic E-state index is 11.8. The molecule has 172 valence electrons. The van der Waals surface area contributed by atoms with E-state index in [1.807, 2.05) is 11.3 Å². The van der Waals surface area contributed by atoms with Crippen LogP contribution in [-0.2, 0) is 16.6 Å². The lowest BCUT2D eigenvalue weighted by Crippen LogP contribution is -2.29. The highest BCUT2D eigenvalue weighted by Crippen LogP contribution is 2.34. The van der Waals surface area contributed by atoms with E-state index in [-0.39, 0.29) is 5.91 Å². The van der Waals surface area contributed by atoms with Crippen molar-refractivity contribution in [3.63, 3.8) is 0 Å². The van der Waals surface area contributed by atoms with Gasteiger partial charge in [0.05, 0.1) is 6.61 Å². The molecule has 1 N–H and O–H groups in total. The Hall–Kier alpha value is -2.96. The number of hydrogen-bond acceptors (Lipinski definition) is 4. The molecule has 33 heavy (non-hydrogen) atoms. The summed E-state index contributed by atoms with van der Waals surface area (Å²) in [5.74, 6) is 0.111. The predicted molar refractivity (Wildman–Crippen MR) is 137 cm³/mol. The van der Waals surface area contributed by atoms with E-state index in [1.54, 1.807) is 7.11 Å². The molecule has 1 amide bonds. The fraction of sp³-hybridized carbons (Fsp3) is 0.333. The smallest absolute Gasteiger partial charge is 0.263 e. The van der Waals surface area contributed by atoms with E-state index in [9.17, 15) is 4.79 Å². The summed E-state index contributed by atoms with van der Waals surface area (Å²) in [6, 6.07) is 17.1. The number of benzene rings is 2. The van der Waals surface area contributed by atoms with Crippen molar-refractivity contribution < 1.29 is 14.1 Å². The van der Waals surface area contributed by atoms with Gasteiger partial charge in [0.2, 0.25) is 11.4 Å². The maximum Gasteiger partial charge on any atom is 0.263 e. The summed E-state index contributed by atoms with van der Waals surface area (Å²) in [5.41, 5.74) is 5.00. The van der Waals surface area contributed by atoms with E-state index in [0.717, 1.165) is 25.8 Å². The van der Waals surface area contributed by atoms with E-state index >= 15 is 0 Å². The van der Waals surface area contributed by atoms with Gasteiger partial charge in [-0.1, -0.05) is 48.1 Å². The van der Waals surface area contributed by atoms with Crippen LogP contribution in [-0.4, -0.2) is 32.7 Å². The molecule has 0 radical (unpaired) electrons. The Labute approximate surface area is 200 Å². The summed E-state index contributed by atoms with van der Waals surface area (Å²) in [6.45, 7) is 2.09. The molecule has 0 saturated heterocycles. The topological polar surface area (TPSA) is 45.5 Å². The normalized spacial score (nSPS) is 14.1. The Bertz CT molecular complexity index is 1170. The first kappa shape index (κ1) is 23.2.